The van der Waals surface area contributed by atoms with Gasteiger partial charge in [0.25, 0.3) is 0 Å². The summed E-state index contributed by atoms with van der Waals surface area (Å²) in [6, 6.07) is 33.9. The van der Waals surface area contributed by atoms with E-state index in [0.29, 0.717) is 60.2 Å². The first kappa shape index (κ1) is 42.2. The van der Waals surface area contributed by atoms with E-state index in [4.69, 9.17) is 52.1 Å². The Kier molecular flexibility index (Phi) is 15.0. The Morgan fingerprint density at radius 2 is 1.23 bits per heavy atom. The molecule has 0 spiro atoms. The van der Waals surface area contributed by atoms with Crippen LogP contribution in [0.2, 0.25) is 20.1 Å². The molecule has 4 aromatic heterocycles. The molecule has 1 atom stereocenters. The van der Waals surface area contributed by atoms with Crippen molar-refractivity contribution in [1.82, 2.24) is 19.9 Å². The van der Waals surface area contributed by atoms with Crippen LogP contribution in [0.15, 0.2) is 140 Å². The molecule has 0 radical (unpaired) electrons. The maximum atomic E-state index is 11.0. The number of nitrogens with one attached hydrogen (secondary N) is 1. The lowest BCUT2D eigenvalue weighted by atomic mass is 9.96. The van der Waals surface area contributed by atoms with Crippen LogP contribution in [0.1, 0.15) is 38.7 Å². The van der Waals surface area contributed by atoms with Gasteiger partial charge in [0.05, 0.1) is 11.1 Å². The van der Waals surface area contributed by atoms with Gasteiger partial charge in [-0.1, -0.05) is 101 Å². The Morgan fingerprint density at radius 3 is 1.81 bits per heavy atom. The SMILES string of the molecule is Cc1ccc(N)nc1.Cc1ccc(NC(c2ccc(Cl)cc2Cl)c2ccc3cccnc3c2O)nc1.O=Cc1ccc(Cl)cc1Cl.Oc1cccc2cccnc12. The number of benzene rings is 4. The molecule has 0 saturated heterocycles. The van der Waals surface area contributed by atoms with Crippen molar-refractivity contribution in [2.24, 2.45) is 0 Å². The first-order chi connectivity index (χ1) is 27.4. The fourth-order valence-corrected chi connectivity index (χ4v) is 6.27. The Bertz CT molecular complexity index is 2570. The number of nitrogens with zero attached hydrogens (tertiary/aromatic N) is 4. The molecule has 0 amide bonds. The van der Waals surface area contributed by atoms with Gasteiger partial charge in [-0.2, -0.15) is 0 Å². The molecule has 0 bridgehead atoms. The van der Waals surface area contributed by atoms with E-state index >= 15 is 0 Å². The second kappa shape index (κ2) is 20.3. The van der Waals surface area contributed by atoms with Crippen molar-refractivity contribution in [2.45, 2.75) is 19.9 Å². The van der Waals surface area contributed by atoms with E-state index in [2.05, 4.69) is 25.3 Å². The summed E-state index contributed by atoms with van der Waals surface area (Å²) in [5, 5.41) is 27.4. The number of para-hydroxylation sites is 1. The Hall–Kier alpha value is -5.97. The molecule has 8 rings (SSSR count). The molecule has 0 fully saturated rings. The number of hydrogen-bond donors (Lipinski definition) is 4. The van der Waals surface area contributed by atoms with Gasteiger partial charge in [0, 0.05) is 61.8 Å². The largest absolute Gasteiger partial charge is 0.506 e. The number of hydrogen-bond acceptors (Lipinski definition) is 9. The number of halogens is 4. The zero-order valence-corrected chi connectivity index (χ0v) is 33.6. The zero-order valence-electron chi connectivity index (χ0n) is 30.6. The van der Waals surface area contributed by atoms with E-state index < -0.39 is 6.04 Å². The normalized spacial score (nSPS) is 10.8. The number of rotatable bonds is 5. The van der Waals surface area contributed by atoms with Gasteiger partial charge in [-0.25, -0.2) is 9.97 Å². The van der Waals surface area contributed by atoms with E-state index in [1.165, 1.54) is 6.07 Å². The number of pyridine rings is 4. The lowest BCUT2D eigenvalue weighted by molar-refractivity contribution is 0.112. The van der Waals surface area contributed by atoms with Gasteiger partial charge in [0.15, 0.2) is 6.29 Å². The van der Waals surface area contributed by atoms with Gasteiger partial charge in [-0.3, -0.25) is 14.8 Å². The summed E-state index contributed by atoms with van der Waals surface area (Å²) >= 11 is 23.8. The van der Waals surface area contributed by atoms with Gasteiger partial charge >= 0.3 is 0 Å². The van der Waals surface area contributed by atoms with Crippen LogP contribution in [0.4, 0.5) is 11.6 Å². The molecular formula is C44H36Cl4N6O3. The first-order valence-electron chi connectivity index (χ1n) is 17.2. The van der Waals surface area contributed by atoms with Crippen LogP contribution in [0.5, 0.6) is 11.5 Å². The molecule has 4 aromatic carbocycles. The number of phenols is 2. The fourth-order valence-electron chi connectivity index (χ4n) is 5.30. The third-order valence-electron chi connectivity index (χ3n) is 8.20. The number of carbonyl (C=O) groups excluding carboxylic acids is 1. The fraction of sp³-hybridized carbons (Fsp3) is 0.0682. The summed E-state index contributed by atoms with van der Waals surface area (Å²) in [4.78, 5) is 26.9. The number of nitrogens with two attached hydrogens (primary N) is 1. The standard InChI is InChI=1S/C22H17Cl2N3O.C9H7NO.C7H4Cl2O.C6H8N2/c1-13-4-9-19(26-12-13)27-21(16-8-6-15(23)11-18(16)24)17-7-5-14-3-2-10-25-20(14)22(17)28;11-8-5-1-3-7-4-2-6-10-9(7)8;8-6-2-1-5(4-10)7(9)3-6;1-5-2-3-6(7)8-4-5/h2-12,21,28H,1H3,(H,26,27);1-6,11H;1-4H;2-4H,1H3,(H2,7,8). The third-order valence-corrected chi connectivity index (χ3v) is 9.33. The number of anilines is 2. The van der Waals surface area contributed by atoms with Crippen molar-refractivity contribution in [2.75, 3.05) is 11.1 Å². The number of carbonyl (C=O) groups is 1. The molecule has 57 heavy (non-hydrogen) atoms. The summed E-state index contributed by atoms with van der Waals surface area (Å²) in [6.45, 7) is 3.96. The minimum absolute atomic E-state index is 0.105. The summed E-state index contributed by atoms with van der Waals surface area (Å²) in [6.07, 6.45) is 7.55. The average Bonchev–Trinajstić information content (AvgIpc) is 3.21. The quantitative estimate of drug-likeness (QED) is 0.124. The van der Waals surface area contributed by atoms with Gasteiger partial charge < -0.3 is 21.3 Å². The highest BCUT2D eigenvalue weighted by Gasteiger charge is 2.22. The number of aryl methyl sites for hydroxylation is 2. The second-order valence-electron chi connectivity index (χ2n) is 12.4. The predicted octanol–water partition coefficient (Wildman–Crippen LogP) is 11.9. The number of aromatic hydroxyl groups is 2. The van der Waals surface area contributed by atoms with Crippen LogP contribution in [0, 0.1) is 13.8 Å². The van der Waals surface area contributed by atoms with Gasteiger partial charge in [-0.15, -0.1) is 0 Å². The summed E-state index contributed by atoms with van der Waals surface area (Å²) in [5.74, 6) is 1.59. The van der Waals surface area contributed by atoms with E-state index in [1.807, 2.05) is 80.6 Å². The molecule has 0 aliphatic carbocycles. The minimum Gasteiger partial charge on any atom is -0.506 e. The van der Waals surface area contributed by atoms with E-state index in [9.17, 15) is 15.0 Å². The van der Waals surface area contributed by atoms with Crippen LogP contribution < -0.4 is 11.1 Å². The van der Waals surface area contributed by atoms with E-state index in [0.717, 1.165) is 27.5 Å². The van der Waals surface area contributed by atoms with Crippen molar-refractivity contribution >= 4 is 86.1 Å². The monoisotopic (exact) mass is 836 g/mol. The summed E-state index contributed by atoms with van der Waals surface area (Å²) in [7, 11) is 0. The van der Waals surface area contributed by atoms with Crippen LogP contribution in [-0.4, -0.2) is 36.4 Å². The molecule has 0 saturated carbocycles. The van der Waals surface area contributed by atoms with Gasteiger partial charge in [0.1, 0.15) is 34.2 Å². The molecule has 5 N–H and O–H groups in total. The highest BCUT2D eigenvalue weighted by atomic mass is 35.5. The zero-order chi connectivity index (χ0) is 40.9. The van der Waals surface area contributed by atoms with Crippen molar-refractivity contribution in [1.29, 1.82) is 0 Å². The summed E-state index contributed by atoms with van der Waals surface area (Å²) in [5.41, 5.74) is 10.6. The molecule has 13 heteroatoms. The molecule has 288 valence electrons. The highest BCUT2D eigenvalue weighted by Crippen LogP contribution is 2.39. The average molecular weight is 839 g/mol. The van der Waals surface area contributed by atoms with Crippen molar-refractivity contribution < 1.29 is 15.0 Å². The van der Waals surface area contributed by atoms with Crippen molar-refractivity contribution in [3.8, 4) is 11.5 Å². The molecule has 9 nitrogen and oxygen atoms in total. The smallest absolute Gasteiger partial charge is 0.151 e. The van der Waals surface area contributed by atoms with E-state index in [-0.39, 0.29) is 11.5 Å². The molecule has 1 unspecified atom stereocenters. The topological polar surface area (TPSA) is 147 Å². The van der Waals surface area contributed by atoms with Crippen LogP contribution in [0.25, 0.3) is 21.8 Å². The lowest BCUT2D eigenvalue weighted by Gasteiger charge is -2.23. The van der Waals surface area contributed by atoms with E-state index in [1.54, 1.807) is 67.3 Å². The second-order valence-corrected chi connectivity index (χ2v) is 14.1. The van der Waals surface area contributed by atoms with Gasteiger partial charge in [0.2, 0.25) is 0 Å². The van der Waals surface area contributed by atoms with Crippen molar-refractivity contribution in [3.63, 3.8) is 0 Å². The lowest BCUT2D eigenvalue weighted by Crippen LogP contribution is -2.14. The number of phenolic OH excluding ortho intramolecular Hbond substituents is 2. The van der Waals surface area contributed by atoms with Crippen molar-refractivity contribution in [3.05, 3.63) is 188 Å². The van der Waals surface area contributed by atoms with Crippen LogP contribution in [0.3, 0.4) is 0 Å². The molecule has 0 aliphatic heterocycles. The molecule has 8 aromatic rings. The third kappa shape index (κ3) is 11.8. The number of nitrogen functional groups attached to an aromatic ring is 1. The Balaban J connectivity index is 0.000000173. The number of fused-ring (bicyclic) bond motifs is 2. The van der Waals surface area contributed by atoms with Crippen LogP contribution in [-0.2, 0) is 0 Å². The predicted molar refractivity (Wildman–Crippen MR) is 233 cm³/mol. The molecular weight excluding hydrogens is 802 g/mol. The van der Waals surface area contributed by atoms with Gasteiger partial charge in [-0.05, 0) is 91.2 Å². The Morgan fingerprint density at radius 1 is 0.632 bits per heavy atom. The Labute approximate surface area is 349 Å². The number of aldehydes is 1. The molecule has 4 heterocycles. The minimum atomic E-state index is -0.439. The summed E-state index contributed by atoms with van der Waals surface area (Å²) < 4.78 is 0. The van der Waals surface area contributed by atoms with Crippen LogP contribution >= 0.6 is 46.4 Å². The first-order valence-corrected chi connectivity index (χ1v) is 18.8. The maximum absolute atomic E-state index is 11.0. The number of aromatic nitrogens is 4. The highest BCUT2D eigenvalue weighted by molar-refractivity contribution is 6.36. The molecule has 0 aliphatic rings. The maximum Gasteiger partial charge on any atom is 0.151 e.